The number of carbonyl (C=O) groups is 4. The third-order valence-electron chi connectivity index (χ3n) is 6.76. The van der Waals surface area contributed by atoms with Gasteiger partial charge in [0.15, 0.2) is 0 Å². The summed E-state index contributed by atoms with van der Waals surface area (Å²) in [6.07, 6.45) is -0.701. The molecule has 3 atom stereocenters. The number of rotatable bonds is 11. The van der Waals surface area contributed by atoms with Crippen LogP contribution in [0.1, 0.15) is 65.5 Å². The molecule has 5 N–H and O–H groups in total. The highest BCUT2D eigenvalue weighted by Gasteiger charge is 2.39. The lowest BCUT2D eigenvalue weighted by Gasteiger charge is -2.38. The number of hydrogen-bond acceptors (Lipinski definition) is 6. The Balaban J connectivity index is 2.06. The van der Waals surface area contributed by atoms with Gasteiger partial charge in [-0.05, 0) is 69.5 Å². The zero-order chi connectivity index (χ0) is 31.0. The van der Waals surface area contributed by atoms with Crippen molar-refractivity contribution in [2.45, 2.75) is 77.6 Å². The maximum absolute atomic E-state index is 14.3. The second kappa shape index (κ2) is 13.8. The molecule has 0 bridgehead atoms. The van der Waals surface area contributed by atoms with Gasteiger partial charge in [-0.1, -0.05) is 55.5 Å². The standard InChI is InChI=1S/C32H40N4O6/c1-6-20(2)36(30(40)25(17-18-27(33)38)35-31(41)42-32(3,4)5)28(24-13-9-10-14-26(24)37)29(39)34-23-16-15-21-11-7-8-12-22(21)19-23/h7-16,19-20,25,28,37H,6,17-18H2,1-5H3,(H2,33,38)(H,34,39)(H,35,41). The van der Waals surface area contributed by atoms with Crippen LogP contribution in [0.5, 0.6) is 5.75 Å². The summed E-state index contributed by atoms with van der Waals surface area (Å²) in [4.78, 5) is 54.0. The molecular formula is C32H40N4O6. The monoisotopic (exact) mass is 576 g/mol. The molecule has 0 heterocycles. The summed E-state index contributed by atoms with van der Waals surface area (Å²) in [6.45, 7) is 8.68. The molecule has 10 nitrogen and oxygen atoms in total. The number of phenolic OH excluding ortho intramolecular Hbond substituents is 1. The molecule has 3 unspecified atom stereocenters. The van der Waals surface area contributed by atoms with Gasteiger partial charge < -0.3 is 31.1 Å². The van der Waals surface area contributed by atoms with Gasteiger partial charge in [-0.25, -0.2) is 4.79 Å². The summed E-state index contributed by atoms with van der Waals surface area (Å²) in [7, 11) is 0. The number of carbonyl (C=O) groups excluding carboxylic acids is 4. The van der Waals surface area contributed by atoms with Crippen molar-refractivity contribution < 1.29 is 29.0 Å². The van der Waals surface area contributed by atoms with Crippen LogP contribution in [-0.2, 0) is 19.1 Å². The molecule has 42 heavy (non-hydrogen) atoms. The van der Waals surface area contributed by atoms with E-state index in [9.17, 15) is 24.3 Å². The van der Waals surface area contributed by atoms with E-state index >= 15 is 0 Å². The lowest BCUT2D eigenvalue weighted by Crippen LogP contribution is -2.55. The van der Waals surface area contributed by atoms with Crippen molar-refractivity contribution in [1.82, 2.24) is 10.2 Å². The van der Waals surface area contributed by atoms with E-state index in [-0.39, 0.29) is 24.2 Å². The number of nitrogens with two attached hydrogens (primary N) is 1. The molecule has 0 aliphatic rings. The molecule has 0 saturated carbocycles. The van der Waals surface area contributed by atoms with Crippen molar-refractivity contribution in [1.29, 1.82) is 0 Å². The summed E-state index contributed by atoms with van der Waals surface area (Å²) >= 11 is 0. The molecule has 3 aromatic rings. The van der Waals surface area contributed by atoms with Crippen molar-refractivity contribution in [3.63, 3.8) is 0 Å². The highest BCUT2D eigenvalue weighted by molar-refractivity contribution is 6.01. The Kier molecular flexibility index (Phi) is 10.5. The van der Waals surface area contributed by atoms with Crippen LogP contribution in [-0.4, -0.2) is 51.5 Å². The number of anilines is 1. The first-order chi connectivity index (χ1) is 19.8. The highest BCUT2D eigenvalue weighted by atomic mass is 16.6. The first kappa shape index (κ1) is 31.9. The molecule has 0 saturated heterocycles. The van der Waals surface area contributed by atoms with Gasteiger partial charge in [0.05, 0.1) is 0 Å². The fourth-order valence-electron chi connectivity index (χ4n) is 4.58. The van der Waals surface area contributed by atoms with E-state index in [1.54, 1.807) is 52.0 Å². The summed E-state index contributed by atoms with van der Waals surface area (Å²) in [6, 6.07) is 16.4. The van der Waals surface area contributed by atoms with E-state index in [0.29, 0.717) is 12.1 Å². The van der Waals surface area contributed by atoms with E-state index in [0.717, 1.165) is 10.8 Å². The molecule has 0 aliphatic carbocycles. The minimum absolute atomic E-state index is 0.111. The maximum atomic E-state index is 14.3. The van der Waals surface area contributed by atoms with E-state index in [1.807, 2.05) is 43.3 Å². The predicted molar refractivity (Wildman–Crippen MR) is 162 cm³/mol. The first-order valence-electron chi connectivity index (χ1n) is 14.0. The molecule has 4 amide bonds. The number of ether oxygens (including phenoxy) is 1. The van der Waals surface area contributed by atoms with Crippen LogP contribution in [0.25, 0.3) is 10.8 Å². The fourth-order valence-corrected chi connectivity index (χ4v) is 4.58. The highest BCUT2D eigenvalue weighted by Crippen LogP contribution is 2.33. The molecule has 0 spiro atoms. The third kappa shape index (κ3) is 8.45. The molecular weight excluding hydrogens is 536 g/mol. The number of benzene rings is 3. The van der Waals surface area contributed by atoms with Crippen LogP contribution in [0.15, 0.2) is 66.7 Å². The van der Waals surface area contributed by atoms with Crippen molar-refractivity contribution in [3.05, 3.63) is 72.3 Å². The number of phenols is 1. The molecule has 0 aliphatic heterocycles. The number of fused-ring (bicyclic) bond motifs is 1. The van der Waals surface area contributed by atoms with E-state index in [1.165, 1.54) is 11.0 Å². The second-order valence-corrected chi connectivity index (χ2v) is 11.2. The van der Waals surface area contributed by atoms with E-state index in [4.69, 9.17) is 10.5 Å². The van der Waals surface area contributed by atoms with Crippen LogP contribution in [0, 0.1) is 0 Å². The summed E-state index contributed by atoms with van der Waals surface area (Å²) in [5, 5.41) is 18.2. The summed E-state index contributed by atoms with van der Waals surface area (Å²) in [5.41, 5.74) is 5.25. The van der Waals surface area contributed by atoms with Crippen LogP contribution in [0.3, 0.4) is 0 Å². The van der Waals surface area contributed by atoms with Gasteiger partial charge in [-0.2, -0.15) is 0 Å². The molecule has 0 fully saturated rings. The number of alkyl carbamates (subject to hydrolysis) is 1. The Bertz CT molecular complexity index is 1430. The van der Waals surface area contributed by atoms with Gasteiger partial charge in [0.25, 0.3) is 5.91 Å². The lowest BCUT2D eigenvalue weighted by atomic mass is 9.98. The predicted octanol–water partition coefficient (Wildman–Crippen LogP) is 5.01. The van der Waals surface area contributed by atoms with Crippen molar-refractivity contribution in [2.75, 3.05) is 5.32 Å². The van der Waals surface area contributed by atoms with Crippen LogP contribution in [0.4, 0.5) is 10.5 Å². The fraction of sp³-hybridized carbons (Fsp3) is 0.375. The number of hydrogen-bond donors (Lipinski definition) is 4. The summed E-state index contributed by atoms with van der Waals surface area (Å²) < 4.78 is 5.36. The average molecular weight is 577 g/mol. The van der Waals surface area contributed by atoms with Crippen molar-refractivity contribution in [3.8, 4) is 5.75 Å². The zero-order valence-electron chi connectivity index (χ0n) is 24.7. The van der Waals surface area contributed by atoms with Gasteiger partial charge >= 0.3 is 6.09 Å². The van der Waals surface area contributed by atoms with Crippen LogP contribution in [0.2, 0.25) is 0 Å². The number of primary amides is 1. The molecule has 3 aromatic carbocycles. The SMILES string of the molecule is CCC(C)N(C(=O)C(CCC(N)=O)NC(=O)OC(C)(C)C)C(C(=O)Nc1ccc2ccccc2c1)c1ccccc1O. The Hall–Kier alpha value is -4.60. The second-order valence-electron chi connectivity index (χ2n) is 11.2. The number of aromatic hydroxyl groups is 1. The smallest absolute Gasteiger partial charge is 0.408 e. The third-order valence-corrected chi connectivity index (χ3v) is 6.76. The number of nitrogens with one attached hydrogen (secondary N) is 2. The van der Waals surface area contributed by atoms with Gasteiger partial charge in [-0.15, -0.1) is 0 Å². The van der Waals surface area contributed by atoms with Gasteiger partial charge in [0, 0.05) is 23.7 Å². The molecule has 0 aromatic heterocycles. The van der Waals surface area contributed by atoms with Gasteiger partial charge in [0.1, 0.15) is 23.4 Å². The average Bonchev–Trinajstić information content (AvgIpc) is 2.92. The molecule has 3 rings (SSSR count). The number of nitrogens with zero attached hydrogens (tertiary/aromatic N) is 1. The molecule has 224 valence electrons. The lowest BCUT2D eigenvalue weighted by molar-refractivity contribution is -0.143. The first-order valence-corrected chi connectivity index (χ1v) is 14.0. The maximum Gasteiger partial charge on any atom is 0.408 e. The quantitative estimate of drug-likeness (QED) is 0.252. The Morgan fingerprint density at radius 1 is 0.976 bits per heavy atom. The minimum atomic E-state index is -1.28. The molecule has 10 heteroatoms. The normalized spacial score (nSPS) is 13.5. The number of para-hydroxylation sites is 1. The topological polar surface area (TPSA) is 151 Å². The summed E-state index contributed by atoms with van der Waals surface area (Å²) in [5.74, 6) is -2.02. The Morgan fingerprint density at radius 3 is 2.24 bits per heavy atom. The van der Waals surface area contributed by atoms with Gasteiger partial charge in [-0.3, -0.25) is 14.4 Å². The Labute approximate surface area is 246 Å². The number of amides is 4. The zero-order valence-corrected chi connectivity index (χ0v) is 24.7. The van der Waals surface area contributed by atoms with E-state index in [2.05, 4.69) is 10.6 Å². The van der Waals surface area contributed by atoms with Gasteiger partial charge in [0.2, 0.25) is 11.8 Å². The molecule has 0 radical (unpaired) electrons. The minimum Gasteiger partial charge on any atom is -0.508 e. The Morgan fingerprint density at radius 2 is 1.62 bits per heavy atom. The van der Waals surface area contributed by atoms with E-state index < -0.39 is 47.5 Å². The van der Waals surface area contributed by atoms with Crippen LogP contribution >= 0.6 is 0 Å². The largest absolute Gasteiger partial charge is 0.508 e. The van der Waals surface area contributed by atoms with Crippen LogP contribution < -0.4 is 16.4 Å². The van der Waals surface area contributed by atoms with Crippen molar-refractivity contribution in [2.24, 2.45) is 5.73 Å². The van der Waals surface area contributed by atoms with Crippen molar-refractivity contribution >= 4 is 40.3 Å².